The summed E-state index contributed by atoms with van der Waals surface area (Å²) in [6.45, 7) is 0.516. The van der Waals surface area contributed by atoms with Gasteiger partial charge in [-0.15, -0.1) is 16.4 Å². The Morgan fingerprint density at radius 1 is 1.15 bits per heavy atom. The third kappa shape index (κ3) is 2.76. The van der Waals surface area contributed by atoms with Gasteiger partial charge in [-0.1, -0.05) is 40.9 Å². The number of hydrogen-bond acceptors (Lipinski definition) is 5. The van der Waals surface area contributed by atoms with Crippen molar-refractivity contribution in [1.29, 1.82) is 0 Å². The zero-order valence-corrected chi connectivity index (χ0v) is 12.1. The monoisotopic (exact) mass is 301 g/mol. The van der Waals surface area contributed by atoms with Crippen molar-refractivity contribution >= 4 is 28.8 Å². The summed E-state index contributed by atoms with van der Waals surface area (Å²) in [5, 5.41) is 8.81. The van der Waals surface area contributed by atoms with Gasteiger partial charge in [-0.3, -0.25) is 4.79 Å². The van der Waals surface area contributed by atoms with Crippen molar-refractivity contribution in [1.82, 2.24) is 14.9 Å². The second-order valence-electron chi connectivity index (χ2n) is 4.08. The van der Waals surface area contributed by atoms with Crippen molar-refractivity contribution in [2.45, 2.75) is 6.54 Å². The Balaban J connectivity index is 1.77. The van der Waals surface area contributed by atoms with Gasteiger partial charge in [-0.2, -0.15) is 0 Å². The molecule has 3 rings (SSSR count). The molecule has 0 saturated heterocycles. The second-order valence-corrected chi connectivity index (χ2v) is 5.87. The second kappa shape index (κ2) is 5.94. The van der Waals surface area contributed by atoms with E-state index in [1.807, 2.05) is 47.8 Å². The van der Waals surface area contributed by atoms with Crippen molar-refractivity contribution in [2.24, 2.45) is 0 Å². The number of carbonyl (C=O) groups excluding carboxylic acids is 1. The molecule has 1 N–H and O–H groups in total. The summed E-state index contributed by atoms with van der Waals surface area (Å²) in [4.78, 5) is 14.1. The Bertz CT molecular complexity index is 692. The van der Waals surface area contributed by atoms with Gasteiger partial charge in [-0.05, 0) is 28.5 Å². The van der Waals surface area contributed by atoms with Crippen LogP contribution >= 0.6 is 22.9 Å². The van der Waals surface area contributed by atoms with Crippen LogP contribution in [0.25, 0.3) is 10.4 Å². The van der Waals surface area contributed by atoms with Gasteiger partial charge >= 0.3 is 0 Å². The zero-order chi connectivity index (χ0) is 13.8. The number of hydrogen-bond donors (Lipinski definition) is 1. The van der Waals surface area contributed by atoms with E-state index in [2.05, 4.69) is 14.9 Å². The summed E-state index contributed by atoms with van der Waals surface area (Å²) < 4.78 is 3.90. The Labute approximate surface area is 124 Å². The van der Waals surface area contributed by atoms with E-state index in [-0.39, 0.29) is 5.91 Å². The Morgan fingerprint density at radius 2 is 2.00 bits per heavy atom. The van der Waals surface area contributed by atoms with Gasteiger partial charge in [0, 0.05) is 4.88 Å². The first-order valence-corrected chi connectivity index (χ1v) is 7.68. The molecule has 0 spiro atoms. The average Bonchev–Trinajstić information content (AvgIpc) is 3.17. The fraction of sp³-hybridized carbons (Fsp3) is 0.0714. The van der Waals surface area contributed by atoms with E-state index in [0.717, 1.165) is 15.3 Å². The van der Waals surface area contributed by atoms with Gasteiger partial charge in [0.25, 0.3) is 5.91 Å². The van der Waals surface area contributed by atoms with Gasteiger partial charge < -0.3 is 5.32 Å². The molecule has 100 valence electrons. The third-order valence-electron chi connectivity index (χ3n) is 2.74. The van der Waals surface area contributed by atoms with Gasteiger partial charge in [0.1, 0.15) is 0 Å². The molecule has 6 heteroatoms. The fourth-order valence-electron chi connectivity index (χ4n) is 1.78. The maximum atomic E-state index is 12.2. The minimum Gasteiger partial charge on any atom is -0.346 e. The van der Waals surface area contributed by atoms with E-state index in [4.69, 9.17) is 0 Å². The van der Waals surface area contributed by atoms with Crippen molar-refractivity contribution in [3.63, 3.8) is 0 Å². The number of thiophene rings is 1. The van der Waals surface area contributed by atoms with Crippen molar-refractivity contribution < 1.29 is 4.79 Å². The predicted octanol–water partition coefficient (Wildman–Crippen LogP) is 3.20. The lowest BCUT2D eigenvalue weighted by Crippen LogP contribution is -2.23. The standard InChI is InChI=1S/C14H11N3OS2/c18-14(15-9-11-7-4-8-19-11)12-13(20-17-16-12)10-5-2-1-3-6-10/h1-8H,9H2,(H,15,18). The molecule has 20 heavy (non-hydrogen) atoms. The fourth-order valence-corrected chi connectivity index (χ4v) is 3.09. The lowest BCUT2D eigenvalue weighted by atomic mass is 10.1. The quantitative estimate of drug-likeness (QED) is 0.805. The number of rotatable bonds is 4. The molecule has 0 bridgehead atoms. The molecule has 0 aliphatic rings. The first-order valence-electron chi connectivity index (χ1n) is 6.03. The van der Waals surface area contributed by atoms with E-state index in [0.29, 0.717) is 12.2 Å². The molecular weight excluding hydrogens is 290 g/mol. The normalized spacial score (nSPS) is 10.4. The maximum Gasteiger partial charge on any atom is 0.273 e. The van der Waals surface area contributed by atoms with Crippen LogP contribution in [0.2, 0.25) is 0 Å². The first kappa shape index (κ1) is 13.0. The SMILES string of the molecule is O=C(NCc1cccs1)c1nnsc1-c1ccccc1. The predicted molar refractivity (Wildman–Crippen MR) is 80.8 cm³/mol. The van der Waals surface area contributed by atoms with E-state index in [1.54, 1.807) is 11.3 Å². The summed E-state index contributed by atoms with van der Waals surface area (Å²) in [6, 6.07) is 13.7. The van der Waals surface area contributed by atoms with Gasteiger partial charge in [0.05, 0.1) is 11.4 Å². The van der Waals surface area contributed by atoms with Crippen LogP contribution in [0, 0.1) is 0 Å². The van der Waals surface area contributed by atoms with Crippen molar-refractivity contribution in [3.8, 4) is 10.4 Å². The molecule has 4 nitrogen and oxygen atoms in total. The molecule has 2 heterocycles. The number of carbonyl (C=O) groups is 1. The molecule has 0 saturated carbocycles. The molecule has 0 unspecified atom stereocenters. The van der Waals surface area contributed by atoms with E-state index >= 15 is 0 Å². The minimum absolute atomic E-state index is 0.189. The van der Waals surface area contributed by atoms with Gasteiger partial charge in [0.15, 0.2) is 5.69 Å². The van der Waals surface area contributed by atoms with Crippen LogP contribution in [0.15, 0.2) is 47.8 Å². The minimum atomic E-state index is -0.189. The Morgan fingerprint density at radius 3 is 2.75 bits per heavy atom. The highest BCUT2D eigenvalue weighted by Crippen LogP contribution is 2.25. The van der Waals surface area contributed by atoms with E-state index in [9.17, 15) is 4.79 Å². The molecule has 1 aromatic carbocycles. The highest BCUT2D eigenvalue weighted by atomic mass is 32.1. The highest BCUT2D eigenvalue weighted by Gasteiger charge is 2.17. The molecule has 0 radical (unpaired) electrons. The Kier molecular flexibility index (Phi) is 3.85. The summed E-state index contributed by atoms with van der Waals surface area (Å²) in [5.41, 5.74) is 1.35. The summed E-state index contributed by atoms with van der Waals surface area (Å²) in [7, 11) is 0. The molecule has 1 amide bonds. The lowest BCUT2D eigenvalue weighted by molar-refractivity contribution is 0.0947. The van der Waals surface area contributed by atoms with Crippen LogP contribution in [0.1, 0.15) is 15.4 Å². The van der Waals surface area contributed by atoms with Crippen LogP contribution in [-0.4, -0.2) is 15.5 Å². The third-order valence-corrected chi connectivity index (χ3v) is 4.39. The molecule has 2 aromatic heterocycles. The molecule has 0 fully saturated rings. The van der Waals surface area contributed by atoms with Crippen molar-refractivity contribution in [3.05, 3.63) is 58.4 Å². The maximum absolute atomic E-state index is 12.2. The van der Waals surface area contributed by atoms with Crippen molar-refractivity contribution in [2.75, 3.05) is 0 Å². The highest BCUT2D eigenvalue weighted by molar-refractivity contribution is 7.10. The van der Waals surface area contributed by atoms with Crippen LogP contribution in [-0.2, 0) is 6.54 Å². The molecule has 0 aliphatic carbocycles. The Hall–Kier alpha value is -2.05. The van der Waals surface area contributed by atoms with Gasteiger partial charge in [0.2, 0.25) is 0 Å². The molecular formula is C14H11N3OS2. The number of aromatic nitrogens is 2. The van der Waals surface area contributed by atoms with Crippen LogP contribution in [0.5, 0.6) is 0 Å². The zero-order valence-electron chi connectivity index (χ0n) is 10.4. The van der Waals surface area contributed by atoms with E-state index in [1.165, 1.54) is 11.5 Å². The summed E-state index contributed by atoms with van der Waals surface area (Å²) in [6.07, 6.45) is 0. The number of nitrogens with zero attached hydrogens (tertiary/aromatic N) is 2. The number of benzene rings is 1. The summed E-state index contributed by atoms with van der Waals surface area (Å²) >= 11 is 2.85. The number of amides is 1. The smallest absolute Gasteiger partial charge is 0.273 e. The largest absolute Gasteiger partial charge is 0.346 e. The molecule has 0 aliphatic heterocycles. The van der Waals surface area contributed by atoms with Gasteiger partial charge in [-0.25, -0.2) is 0 Å². The average molecular weight is 301 g/mol. The van der Waals surface area contributed by atoms with Crippen LogP contribution in [0.4, 0.5) is 0 Å². The van der Waals surface area contributed by atoms with E-state index < -0.39 is 0 Å². The molecule has 3 aromatic rings. The molecule has 0 atom stereocenters. The first-order chi connectivity index (χ1) is 9.84. The number of nitrogens with one attached hydrogen (secondary N) is 1. The van der Waals surface area contributed by atoms with Crippen LogP contribution in [0.3, 0.4) is 0 Å². The van der Waals surface area contributed by atoms with Crippen LogP contribution < -0.4 is 5.32 Å². The lowest BCUT2D eigenvalue weighted by Gasteiger charge is -2.03. The summed E-state index contributed by atoms with van der Waals surface area (Å²) in [5.74, 6) is -0.189. The topological polar surface area (TPSA) is 54.9 Å².